The van der Waals surface area contributed by atoms with Gasteiger partial charge in [-0.25, -0.2) is 14.4 Å². The number of nitrogens with one attached hydrogen (secondary N) is 2. The highest BCUT2D eigenvalue weighted by Gasteiger charge is 2.30. The van der Waals surface area contributed by atoms with E-state index in [0.29, 0.717) is 38.9 Å². The maximum Gasteiger partial charge on any atom is 0.405 e. The first kappa shape index (κ1) is 34.9. The number of hydrogen-bond donors (Lipinski definition) is 3. The molecule has 1 fully saturated rings. The van der Waals surface area contributed by atoms with Crippen LogP contribution in [0.15, 0.2) is 55.1 Å². The number of nitrogen functional groups attached to an aromatic ring is 1. The number of nitrogens with zero attached hydrogens (tertiary/aromatic N) is 5. The number of halogens is 5. The number of aryl methyl sites for hydroxylation is 1. The van der Waals surface area contributed by atoms with Gasteiger partial charge in [-0.2, -0.15) is 13.2 Å². The van der Waals surface area contributed by atoms with E-state index in [2.05, 4.69) is 38.6 Å². The van der Waals surface area contributed by atoms with Crippen molar-refractivity contribution in [3.05, 3.63) is 71.4 Å². The average Bonchev–Trinajstić information content (AvgIpc) is 3.34. The van der Waals surface area contributed by atoms with Crippen LogP contribution in [0.5, 0.6) is 0 Å². The van der Waals surface area contributed by atoms with E-state index < -0.39 is 36.1 Å². The van der Waals surface area contributed by atoms with Gasteiger partial charge in [0.1, 0.15) is 18.1 Å². The Morgan fingerprint density at radius 3 is 2.39 bits per heavy atom. The van der Waals surface area contributed by atoms with E-state index in [0.717, 1.165) is 13.1 Å². The number of amides is 3. The first-order valence-corrected chi connectivity index (χ1v) is 14.9. The standard InChI is InChI=1S/C33H29ClF4N8O3/c1-17(35)31(48)43-21-8-5-18(6-9-21)28-25(20-11-23(34)27(40-13-20)32(49)42-16-33(36,37)38)26-29(46(28)4)19(12-41-30(26)39)7-10-24(47)45(3)22-14-44(2)15-22/h5-6,8-9,11-13,22H,1,14-16H2,2-4H3,(H2,39,41)(H,42,49)(H,43,48). The van der Waals surface area contributed by atoms with Crippen LogP contribution in [-0.2, 0) is 16.6 Å². The van der Waals surface area contributed by atoms with Crippen LogP contribution < -0.4 is 16.4 Å². The van der Waals surface area contributed by atoms with Crippen molar-refractivity contribution in [1.29, 1.82) is 0 Å². The van der Waals surface area contributed by atoms with E-state index >= 15 is 0 Å². The summed E-state index contributed by atoms with van der Waals surface area (Å²) in [4.78, 5) is 49.3. The zero-order chi connectivity index (χ0) is 35.8. The summed E-state index contributed by atoms with van der Waals surface area (Å²) in [5.74, 6) is 2.00. The molecule has 0 spiro atoms. The first-order chi connectivity index (χ1) is 23.1. The second-order valence-electron chi connectivity index (χ2n) is 11.4. The van der Waals surface area contributed by atoms with E-state index in [1.54, 1.807) is 41.0 Å². The summed E-state index contributed by atoms with van der Waals surface area (Å²) in [5, 5.41) is 4.29. The van der Waals surface area contributed by atoms with Gasteiger partial charge in [0.15, 0.2) is 5.83 Å². The second-order valence-corrected chi connectivity index (χ2v) is 11.8. The van der Waals surface area contributed by atoms with Crippen LogP contribution in [0.4, 0.5) is 29.1 Å². The van der Waals surface area contributed by atoms with Crippen LogP contribution in [0.25, 0.3) is 33.3 Å². The van der Waals surface area contributed by atoms with Crippen molar-refractivity contribution in [2.45, 2.75) is 12.2 Å². The fourth-order valence-corrected chi connectivity index (χ4v) is 5.67. The van der Waals surface area contributed by atoms with Crippen molar-refractivity contribution >= 4 is 51.7 Å². The molecular formula is C33H29ClF4N8O3. The van der Waals surface area contributed by atoms with Crippen molar-refractivity contribution in [3.8, 4) is 34.2 Å². The fraction of sp³-hybridized carbons (Fsp3) is 0.242. The maximum atomic E-state index is 13.3. The van der Waals surface area contributed by atoms with Crippen LogP contribution in [0.2, 0.25) is 5.02 Å². The molecule has 1 aromatic carbocycles. The zero-order valence-corrected chi connectivity index (χ0v) is 27.1. The molecule has 0 atom stereocenters. The lowest BCUT2D eigenvalue weighted by atomic mass is 9.98. The normalized spacial score (nSPS) is 13.3. The maximum absolute atomic E-state index is 13.3. The van der Waals surface area contributed by atoms with E-state index in [4.69, 9.17) is 17.3 Å². The molecule has 11 nitrogen and oxygen atoms in total. The number of benzene rings is 1. The Hall–Kier alpha value is -5.46. The van der Waals surface area contributed by atoms with Gasteiger partial charge < -0.3 is 30.7 Å². The minimum absolute atomic E-state index is 0.0381. The Morgan fingerprint density at radius 2 is 1.80 bits per heavy atom. The smallest absolute Gasteiger partial charge is 0.383 e. The molecule has 1 aliphatic heterocycles. The van der Waals surface area contributed by atoms with Gasteiger partial charge in [0.25, 0.3) is 17.7 Å². The summed E-state index contributed by atoms with van der Waals surface area (Å²) in [6, 6.07) is 7.76. The lowest BCUT2D eigenvalue weighted by molar-refractivity contribution is -0.128. The van der Waals surface area contributed by atoms with Crippen LogP contribution in [0.1, 0.15) is 16.1 Å². The predicted octanol–water partition coefficient (Wildman–Crippen LogP) is 4.38. The van der Waals surface area contributed by atoms with Gasteiger partial charge in [0.2, 0.25) is 0 Å². The van der Waals surface area contributed by atoms with Gasteiger partial charge in [-0.3, -0.25) is 14.4 Å². The summed E-state index contributed by atoms with van der Waals surface area (Å²) in [6.45, 7) is 2.87. The summed E-state index contributed by atoms with van der Waals surface area (Å²) in [5.41, 5.74) is 8.97. The molecule has 4 aromatic rings. The summed E-state index contributed by atoms with van der Waals surface area (Å²) >= 11 is 6.41. The molecule has 254 valence electrons. The molecule has 4 N–H and O–H groups in total. The van der Waals surface area contributed by atoms with Crippen molar-refractivity contribution in [2.75, 3.05) is 44.8 Å². The number of nitrogens with two attached hydrogens (primary N) is 1. The van der Waals surface area contributed by atoms with Gasteiger partial charge in [-0.05, 0) is 30.8 Å². The third kappa shape index (κ3) is 7.35. The number of pyridine rings is 2. The third-order valence-corrected chi connectivity index (χ3v) is 8.20. The minimum Gasteiger partial charge on any atom is -0.383 e. The number of fused-ring (bicyclic) bond motifs is 1. The SMILES string of the molecule is C=C(F)C(=O)Nc1ccc(-c2c(-c3cnc(C(=O)NCC(F)(F)F)c(Cl)c3)c3c(N)ncc(C#CC(=O)N(C)C4CN(C)C4)c3n2C)cc1. The van der Waals surface area contributed by atoms with Crippen molar-refractivity contribution in [1.82, 2.24) is 29.7 Å². The third-order valence-electron chi connectivity index (χ3n) is 7.91. The Balaban J connectivity index is 1.65. The molecule has 16 heteroatoms. The molecule has 0 bridgehead atoms. The molecule has 49 heavy (non-hydrogen) atoms. The number of carbonyl (C=O) groups excluding carboxylic acids is 3. The molecule has 0 unspecified atom stereocenters. The predicted molar refractivity (Wildman–Crippen MR) is 177 cm³/mol. The van der Waals surface area contributed by atoms with Crippen molar-refractivity contribution in [3.63, 3.8) is 0 Å². The quantitative estimate of drug-likeness (QED) is 0.148. The lowest BCUT2D eigenvalue weighted by Crippen LogP contribution is -2.57. The Kier molecular flexibility index (Phi) is 9.66. The molecule has 5 rings (SSSR count). The number of likely N-dealkylation sites (N-methyl/N-ethyl adjacent to an activating group) is 2. The number of aromatic nitrogens is 3. The molecule has 3 amide bonds. The average molecular weight is 697 g/mol. The van der Waals surface area contributed by atoms with Crippen LogP contribution in [0, 0.1) is 11.8 Å². The van der Waals surface area contributed by atoms with E-state index in [9.17, 15) is 31.9 Å². The Bertz CT molecular complexity index is 2060. The van der Waals surface area contributed by atoms with Gasteiger partial charge in [-0.1, -0.05) is 36.2 Å². The molecule has 0 aliphatic carbocycles. The number of anilines is 2. The van der Waals surface area contributed by atoms with Crippen LogP contribution in [0.3, 0.4) is 0 Å². The molecule has 0 radical (unpaired) electrons. The molecule has 4 heterocycles. The highest BCUT2D eigenvalue weighted by Crippen LogP contribution is 2.44. The fourth-order valence-electron chi connectivity index (χ4n) is 5.42. The molecule has 0 saturated carbocycles. The minimum atomic E-state index is -4.64. The topological polar surface area (TPSA) is 138 Å². The summed E-state index contributed by atoms with van der Waals surface area (Å²) in [7, 11) is 5.36. The van der Waals surface area contributed by atoms with Gasteiger partial charge in [-0.15, -0.1) is 0 Å². The number of likely N-dealkylation sites (tertiary alicyclic amines) is 1. The van der Waals surface area contributed by atoms with Gasteiger partial charge >= 0.3 is 6.18 Å². The monoisotopic (exact) mass is 696 g/mol. The summed E-state index contributed by atoms with van der Waals surface area (Å²) in [6.07, 6.45) is -1.94. The summed E-state index contributed by atoms with van der Waals surface area (Å²) < 4.78 is 53.2. The molecule has 1 saturated heterocycles. The number of rotatable bonds is 7. The van der Waals surface area contributed by atoms with E-state index in [-0.39, 0.29) is 28.5 Å². The van der Waals surface area contributed by atoms with E-state index in [1.807, 2.05) is 7.05 Å². The lowest BCUT2D eigenvalue weighted by Gasteiger charge is -2.41. The second kappa shape index (κ2) is 13.6. The first-order valence-electron chi connectivity index (χ1n) is 14.6. The number of carbonyl (C=O) groups is 3. The highest BCUT2D eigenvalue weighted by atomic mass is 35.5. The zero-order valence-electron chi connectivity index (χ0n) is 26.4. The van der Waals surface area contributed by atoms with Crippen LogP contribution >= 0.6 is 11.6 Å². The van der Waals surface area contributed by atoms with Crippen molar-refractivity contribution in [2.24, 2.45) is 7.05 Å². The largest absolute Gasteiger partial charge is 0.405 e. The molecule has 1 aliphatic rings. The Morgan fingerprint density at radius 1 is 1.12 bits per heavy atom. The Labute approximate surface area is 282 Å². The van der Waals surface area contributed by atoms with Gasteiger partial charge in [0.05, 0.1) is 33.2 Å². The van der Waals surface area contributed by atoms with Gasteiger partial charge in [0, 0.05) is 62.3 Å². The van der Waals surface area contributed by atoms with Crippen molar-refractivity contribution < 1.29 is 31.9 Å². The van der Waals surface area contributed by atoms with E-state index in [1.165, 1.54) is 30.6 Å². The number of alkyl halides is 3. The van der Waals surface area contributed by atoms with Crippen LogP contribution in [-0.4, -0.2) is 88.0 Å². The molecular weight excluding hydrogens is 668 g/mol. The highest BCUT2D eigenvalue weighted by molar-refractivity contribution is 6.34. The molecule has 3 aromatic heterocycles. The number of hydrogen-bond acceptors (Lipinski definition) is 7.